The molecule has 1 rings (SSSR count). The zero-order valence-electron chi connectivity index (χ0n) is 11.1. The van der Waals surface area contributed by atoms with E-state index < -0.39 is 0 Å². The van der Waals surface area contributed by atoms with Crippen molar-refractivity contribution in [2.75, 3.05) is 19.0 Å². The van der Waals surface area contributed by atoms with Crippen molar-refractivity contribution in [2.45, 2.75) is 25.7 Å². The number of hydrogen-bond acceptors (Lipinski definition) is 4. The van der Waals surface area contributed by atoms with Gasteiger partial charge in [0.1, 0.15) is 0 Å². The van der Waals surface area contributed by atoms with Gasteiger partial charge < -0.3 is 15.8 Å². The number of carbonyl (C=O) groups is 2. The molecule has 0 bridgehead atoms. The van der Waals surface area contributed by atoms with Gasteiger partial charge in [-0.2, -0.15) is 0 Å². The van der Waals surface area contributed by atoms with Crippen LogP contribution in [-0.2, 0) is 9.53 Å². The van der Waals surface area contributed by atoms with Crippen molar-refractivity contribution < 1.29 is 14.3 Å². The van der Waals surface area contributed by atoms with Crippen molar-refractivity contribution in [1.82, 2.24) is 0 Å². The monoisotopic (exact) mass is 264 g/mol. The summed E-state index contributed by atoms with van der Waals surface area (Å²) in [5.41, 5.74) is 6.52. The third-order valence-corrected chi connectivity index (χ3v) is 2.70. The molecule has 1 aromatic rings. The molecule has 0 fully saturated rings. The molecular weight excluding hydrogens is 244 g/mol. The van der Waals surface area contributed by atoms with E-state index in [1.165, 1.54) is 7.11 Å². The van der Waals surface area contributed by atoms with E-state index in [1.807, 2.05) is 0 Å². The predicted octanol–water partition coefficient (Wildman–Crippen LogP) is 1.93. The molecule has 0 unspecified atom stereocenters. The van der Waals surface area contributed by atoms with Crippen molar-refractivity contribution in [3.63, 3.8) is 0 Å². The van der Waals surface area contributed by atoms with Crippen LogP contribution in [0.1, 0.15) is 36.0 Å². The van der Waals surface area contributed by atoms with E-state index in [-0.39, 0.29) is 11.9 Å². The maximum absolute atomic E-state index is 11.6. The summed E-state index contributed by atoms with van der Waals surface area (Å²) in [6, 6.07) is 6.61. The van der Waals surface area contributed by atoms with Crippen LogP contribution in [0.2, 0.25) is 0 Å². The minimum absolute atomic E-state index is 0.0251. The first-order valence-corrected chi connectivity index (χ1v) is 6.35. The molecule has 19 heavy (non-hydrogen) atoms. The molecule has 0 saturated heterocycles. The highest BCUT2D eigenvalue weighted by atomic mass is 16.5. The van der Waals surface area contributed by atoms with Crippen LogP contribution in [0.3, 0.4) is 0 Å². The molecule has 0 spiro atoms. The SMILES string of the molecule is COC(=O)c1ccc(NC(=O)CCCCCN)cc1. The Morgan fingerprint density at radius 3 is 2.42 bits per heavy atom. The Morgan fingerprint density at radius 1 is 1.16 bits per heavy atom. The van der Waals surface area contributed by atoms with Crippen LogP contribution in [-0.4, -0.2) is 25.5 Å². The van der Waals surface area contributed by atoms with Gasteiger partial charge in [0.25, 0.3) is 0 Å². The van der Waals surface area contributed by atoms with Crippen LogP contribution in [0.5, 0.6) is 0 Å². The summed E-state index contributed by atoms with van der Waals surface area (Å²) in [4.78, 5) is 22.8. The molecule has 0 aromatic heterocycles. The lowest BCUT2D eigenvalue weighted by Crippen LogP contribution is -2.11. The molecular formula is C14H20N2O3. The normalized spacial score (nSPS) is 10.0. The van der Waals surface area contributed by atoms with Gasteiger partial charge in [0.05, 0.1) is 12.7 Å². The first-order chi connectivity index (χ1) is 9.17. The quantitative estimate of drug-likeness (QED) is 0.582. The number of esters is 1. The van der Waals surface area contributed by atoms with E-state index >= 15 is 0 Å². The highest BCUT2D eigenvalue weighted by Crippen LogP contribution is 2.11. The molecule has 0 aliphatic carbocycles. The summed E-state index contributed by atoms with van der Waals surface area (Å²) < 4.78 is 4.60. The summed E-state index contributed by atoms with van der Waals surface area (Å²) >= 11 is 0. The van der Waals surface area contributed by atoms with E-state index in [0.717, 1.165) is 19.3 Å². The smallest absolute Gasteiger partial charge is 0.337 e. The number of nitrogens with one attached hydrogen (secondary N) is 1. The highest BCUT2D eigenvalue weighted by Gasteiger charge is 2.06. The minimum atomic E-state index is -0.389. The average Bonchev–Trinajstić information content (AvgIpc) is 2.43. The number of carbonyl (C=O) groups excluding carboxylic acids is 2. The third kappa shape index (κ3) is 5.52. The number of nitrogens with two attached hydrogens (primary N) is 1. The Bertz CT molecular complexity index is 415. The summed E-state index contributed by atoms with van der Waals surface area (Å²) in [6.45, 7) is 0.663. The van der Waals surface area contributed by atoms with Gasteiger partial charge in [-0.15, -0.1) is 0 Å². The molecule has 0 radical (unpaired) electrons. The van der Waals surface area contributed by atoms with Gasteiger partial charge in [0, 0.05) is 12.1 Å². The fourth-order valence-electron chi connectivity index (χ4n) is 1.64. The number of amides is 1. The average molecular weight is 264 g/mol. The largest absolute Gasteiger partial charge is 0.465 e. The van der Waals surface area contributed by atoms with Crippen molar-refractivity contribution in [3.05, 3.63) is 29.8 Å². The van der Waals surface area contributed by atoms with Crippen molar-refractivity contribution in [2.24, 2.45) is 5.73 Å². The molecule has 1 aromatic carbocycles. The number of hydrogen-bond donors (Lipinski definition) is 2. The lowest BCUT2D eigenvalue weighted by Gasteiger charge is -2.06. The molecule has 5 nitrogen and oxygen atoms in total. The van der Waals surface area contributed by atoms with Gasteiger partial charge in [-0.1, -0.05) is 6.42 Å². The summed E-state index contributed by atoms with van der Waals surface area (Å²) in [5, 5.41) is 2.78. The summed E-state index contributed by atoms with van der Waals surface area (Å²) in [7, 11) is 1.33. The summed E-state index contributed by atoms with van der Waals surface area (Å²) in [5.74, 6) is -0.414. The van der Waals surface area contributed by atoms with E-state index in [4.69, 9.17) is 5.73 Å². The minimum Gasteiger partial charge on any atom is -0.465 e. The van der Waals surface area contributed by atoms with Gasteiger partial charge in [-0.3, -0.25) is 4.79 Å². The van der Waals surface area contributed by atoms with Crippen LogP contribution in [0.25, 0.3) is 0 Å². The number of anilines is 1. The number of unbranched alkanes of at least 4 members (excludes halogenated alkanes) is 2. The number of ether oxygens (including phenoxy) is 1. The first-order valence-electron chi connectivity index (χ1n) is 6.35. The Balaban J connectivity index is 2.40. The van der Waals surface area contributed by atoms with E-state index in [9.17, 15) is 9.59 Å². The van der Waals surface area contributed by atoms with Crippen LogP contribution in [0.4, 0.5) is 5.69 Å². The third-order valence-electron chi connectivity index (χ3n) is 2.70. The fraction of sp³-hybridized carbons (Fsp3) is 0.429. The fourth-order valence-corrected chi connectivity index (χ4v) is 1.64. The van der Waals surface area contributed by atoms with Gasteiger partial charge >= 0.3 is 5.97 Å². The molecule has 0 heterocycles. The molecule has 104 valence electrons. The molecule has 0 aliphatic rings. The molecule has 3 N–H and O–H groups in total. The lowest BCUT2D eigenvalue weighted by molar-refractivity contribution is -0.116. The Labute approximate surface area is 113 Å². The van der Waals surface area contributed by atoms with Gasteiger partial charge in [-0.05, 0) is 43.7 Å². The maximum atomic E-state index is 11.6. The molecule has 0 saturated carbocycles. The molecule has 5 heteroatoms. The van der Waals surface area contributed by atoms with Gasteiger partial charge in [-0.25, -0.2) is 4.79 Å². The Kier molecular flexibility index (Phi) is 6.60. The van der Waals surface area contributed by atoms with Crippen LogP contribution < -0.4 is 11.1 Å². The molecule has 0 atom stereocenters. The molecule has 0 aliphatic heterocycles. The van der Waals surface area contributed by atoms with Crippen molar-refractivity contribution >= 4 is 17.6 Å². The second-order valence-electron chi connectivity index (χ2n) is 4.22. The zero-order valence-corrected chi connectivity index (χ0v) is 11.1. The maximum Gasteiger partial charge on any atom is 0.337 e. The van der Waals surface area contributed by atoms with Crippen molar-refractivity contribution in [3.8, 4) is 0 Å². The second-order valence-corrected chi connectivity index (χ2v) is 4.22. The van der Waals surface area contributed by atoms with Crippen LogP contribution >= 0.6 is 0 Å². The van der Waals surface area contributed by atoms with Gasteiger partial charge in [0.2, 0.25) is 5.91 Å². The van der Waals surface area contributed by atoms with Crippen LogP contribution in [0.15, 0.2) is 24.3 Å². The number of rotatable bonds is 7. The topological polar surface area (TPSA) is 81.4 Å². The zero-order chi connectivity index (χ0) is 14.1. The summed E-state index contributed by atoms with van der Waals surface area (Å²) in [6.07, 6.45) is 3.23. The van der Waals surface area contributed by atoms with Crippen LogP contribution in [0, 0.1) is 0 Å². The Morgan fingerprint density at radius 2 is 1.84 bits per heavy atom. The van der Waals surface area contributed by atoms with E-state index in [2.05, 4.69) is 10.1 Å². The lowest BCUT2D eigenvalue weighted by atomic mass is 10.1. The van der Waals surface area contributed by atoms with E-state index in [1.54, 1.807) is 24.3 Å². The van der Waals surface area contributed by atoms with Gasteiger partial charge in [0.15, 0.2) is 0 Å². The number of methoxy groups -OCH3 is 1. The Hall–Kier alpha value is -1.88. The second kappa shape index (κ2) is 8.26. The van der Waals surface area contributed by atoms with Crippen molar-refractivity contribution in [1.29, 1.82) is 0 Å². The number of benzene rings is 1. The first kappa shape index (κ1) is 15.2. The highest BCUT2D eigenvalue weighted by molar-refractivity contribution is 5.92. The molecule has 1 amide bonds. The predicted molar refractivity (Wildman–Crippen MR) is 73.9 cm³/mol. The standard InChI is InChI=1S/C14H20N2O3/c1-19-14(18)11-6-8-12(9-7-11)16-13(17)5-3-2-4-10-15/h6-9H,2-5,10,15H2,1H3,(H,16,17). The van der Waals surface area contributed by atoms with E-state index in [0.29, 0.717) is 24.2 Å².